The number of nitrogens with zero attached hydrogens (tertiary/aromatic N) is 2. The van der Waals surface area contributed by atoms with Crippen molar-refractivity contribution in [2.75, 3.05) is 0 Å². The van der Waals surface area contributed by atoms with Crippen LogP contribution in [0.5, 0.6) is 0 Å². The Kier molecular flexibility index (Phi) is 5.03. The van der Waals surface area contributed by atoms with Crippen LogP contribution < -0.4 is 0 Å². The van der Waals surface area contributed by atoms with E-state index in [2.05, 4.69) is 30.7 Å². The van der Waals surface area contributed by atoms with Crippen molar-refractivity contribution >= 4 is 0 Å². The van der Waals surface area contributed by atoms with Gasteiger partial charge in [0.2, 0.25) is 0 Å². The molecule has 1 heterocycles. The summed E-state index contributed by atoms with van der Waals surface area (Å²) in [6.45, 7) is 8.19. The first kappa shape index (κ1) is 14.1. The van der Waals surface area contributed by atoms with Gasteiger partial charge in [0, 0.05) is 5.41 Å². The van der Waals surface area contributed by atoms with Crippen molar-refractivity contribution in [3.05, 3.63) is 23.5 Å². The largest absolute Gasteiger partial charge is 0.239 e. The molecule has 0 aliphatic rings. The fraction of sp³-hybridized carbons (Fsp3) is 0.714. The summed E-state index contributed by atoms with van der Waals surface area (Å²) in [4.78, 5) is 8.21. The first-order valence-corrected chi connectivity index (χ1v) is 6.53. The summed E-state index contributed by atoms with van der Waals surface area (Å²) in [5.74, 6) is 0.382. The predicted octanol–water partition coefficient (Wildman–Crippen LogP) is 4.17. The summed E-state index contributed by atoms with van der Waals surface area (Å²) < 4.78 is 13.8. The van der Waals surface area contributed by atoms with Gasteiger partial charge in [0.25, 0.3) is 0 Å². The molecule has 2 nitrogen and oxygen atoms in total. The SMILES string of the molecule is CCCCCC(C)(CC)c1nc(C)ncc1F. The molecule has 0 aliphatic heterocycles. The standard InChI is InChI=1S/C14H23FN2/c1-5-7-8-9-14(4,6-2)13-12(15)10-16-11(3)17-13/h10H,5-9H2,1-4H3. The van der Waals surface area contributed by atoms with Gasteiger partial charge in [0.05, 0.1) is 11.9 Å². The van der Waals surface area contributed by atoms with Crippen LogP contribution in [0, 0.1) is 12.7 Å². The lowest BCUT2D eigenvalue weighted by atomic mass is 9.78. The molecular formula is C14H23FN2. The summed E-state index contributed by atoms with van der Waals surface area (Å²) >= 11 is 0. The van der Waals surface area contributed by atoms with Gasteiger partial charge in [-0.1, -0.05) is 40.0 Å². The zero-order valence-corrected chi connectivity index (χ0v) is 11.4. The van der Waals surface area contributed by atoms with E-state index >= 15 is 0 Å². The molecule has 0 aliphatic carbocycles. The van der Waals surface area contributed by atoms with E-state index in [0.29, 0.717) is 11.5 Å². The van der Waals surface area contributed by atoms with Gasteiger partial charge in [0.15, 0.2) is 5.82 Å². The number of aryl methyl sites for hydroxylation is 1. The number of hydrogen-bond acceptors (Lipinski definition) is 2. The lowest BCUT2D eigenvalue weighted by Gasteiger charge is -2.28. The average molecular weight is 238 g/mol. The van der Waals surface area contributed by atoms with Gasteiger partial charge in [-0.2, -0.15) is 0 Å². The Morgan fingerprint density at radius 2 is 2.00 bits per heavy atom. The van der Waals surface area contributed by atoms with E-state index < -0.39 is 0 Å². The van der Waals surface area contributed by atoms with Crippen molar-refractivity contribution in [3.63, 3.8) is 0 Å². The minimum atomic E-state index is -0.267. The highest BCUT2D eigenvalue weighted by molar-refractivity contribution is 5.16. The van der Waals surface area contributed by atoms with Gasteiger partial charge in [-0.15, -0.1) is 0 Å². The maximum absolute atomic E-state index is 13.8. The second-order valence-electron chi connectivity index (χ2n) is 4.99. The maximum Gasteiger partial charge on any atom is 0.163 e. The van der Waals surface area contributed by atoms with Gasteiger partial charge in [-0.25, -0.2) is 14.4 Å². The van der Waals surface area contributed by atoms with Crippen molar-refractivity contribution in [2.45, 2.75) is 65.2 Å². The highest BCUT2D eigenvalue weighted by Gasteiger charge is 2.29. The number of halogens is 1. The molecule has 0 radical (unpaired) electrons. The van der Waals surface area contributed by atoms with E-state index in [1.54, 1.807) is 0 Å². The second kappa shape index (κ2) is 6.08. The van der Waals surface area contributed by atoms with Gasteiger partial charge >= 0.3 is 0 Å². The molecule has 0 N–H and O–H groups in total. The minimum absolute atomic E-state index is 0.160. The van der Waals surface area contributed by atoms with Crippen LogP contribution >= 0.6 is 0 Å². The second-order valence-corrected chi connectivity index (χ2v) is 4.99. The van der Waals surface area contributed by atoms with Crippen molar-refractivity contribution in [3.8, 4) is 0 Å². The normalized spacial score (nSPS) is 14.6. The molecule has 17 heavy (non-hydrogen) atoms. The summed E-state index contributed by atoms with van der Waals surface area (Å²) in [6.07, 6.45) is 6.70. The third-order valence-corrected chi connectivity index (χ3v) is 3.55. The van der Waals surface area contributed by atoms with Gasteiger partial charge < -0.3 is 0 Å². The van der Waals surface area contributed by atoms with Crippen molar-refractivity contribution in [2.24, 2.45) is 0 Å². The number of hydrogen-bond donors (Lipinski definition) is 0. The highest BCUT2D eigenvalue weighted by Crippen LogP contribution is 2.33. The Morgan fingerprint density at radius 3 is 2.59 bits per heavy atom. The summed E-state index contributed by atoms with van der Waals surface area (Å²) in [7, 11) is 0. The third kappa shape index (κ3) is 3.48. The maximum atomic E-state index is 13.8. The van der Waals surface area contributed by atoms with Crippen LogP contribution in [-0.2, 0) is 5.41 Å². The van der Waals surface area contributed by atoms with E-state index in [9.17, 15) is 4.39 Å². The Balaban J connectivity index is 2.94. The monoisotopic (exact) mass is 238 g/mol. The number of aromatic nitrogens is 2. The molecule has 0 amide bonds. The van der Waals surface area contributed by atoms with E-state index in [1.165, 1.54) is 19.0 Å². The fourth-order valence-corrected chi connectivity index (χ4v) is 2.11. The van der Waals surface area contributed by atoms with Gasteiger partial charge in [-0.05, 0) is 19.8 Å². The Hall–Kier alpha value is -0.990. The minimum Gasteiger partial charge on any atom is -0.239 e. The summed E-state index contributed by atoms with van der Waals surface area (Å²) in [5, 5.41) is 0. The first-order chi connectivity index (χ1) is 8.03. The van der Waals surface area contributed by atoms with Crippen molar-refractivity contribution < 1.29 is 4.39 Å². The Bertz CT molecular complexity index is 365. The van der Waals surface area contributed by atoms with E-state index in [4.69, 9.17) is 0 Å². The molecule has 0 spiro atoms. The topological polar surface area (TPSA) is 25.8 Å². The fourth-order valence-electron chi connectivity index (χ4n) is 2.11. The van der Waals surface area contributed by atoms with Crippen LogP contribution in [0.4, 0.5) is 4.39 Å². The molecule has 3 heteroatoms. The Labute approximate surface area is 104 Å². The zero-order valence-electron chi connectivity index (χ0n) is 11.4. The smallest absolute Gasteiger partial charge is 0.163 e. The quantitative estimate of drug-likeness (QED) is 0.695. The van der Waals surface area contributed by atoms with Gasteiger partial charge in [0.1, 0.15) is 5.82 Å². The summed E-state index contributed by atoms with van der Waals surface area (Å²) in [5.41, 5.74) is 0.427. The third-order valence-electron chi connectivity index (χ3n) is 3.55. The molecule has 0 saturated carbocycles. The van der Waals surface area contributed by atoms with Crippen LogP contribution in [0.15, 0.2) is 6.20 Å². The van der Waals surface area contributed by atoms with Crippen LogP contribution in [0.1, 0.15) is 64.4 Å². The molecular weight excluding hydrogens is 215 g/mol. The zero-order chi connectivity index (χ0) is 12.9. The van der Waals surface area contributed by atoms with Crippen LogP contribution in [0.2, 0.25) is 0 Å². The lowest BCUT2D eigenvalue weighted by Crippen LogP contribution is -2.25. The van der Waals surface area contributed by atoms with Crippen molar-refractivity contribution in [1.29, 1.82) is 0 Å². The number of rotatable bonds is 6. The van der Waals surface area contributed by atoms with Crippen LogP contribution in [0.3, 0.4) is 0 Å². The Morgan fingerprint density at radius 1 is 1.29 bits per heavy atom. The van der Waals surface area contributed by atoms with Crippen LogP contribution in [-0.4, -0.2) is 9.97 Å². The molecule has 1 aromatic heterocycles. The molecule has 1 aromatic rings. The molecule has 96 valence electrons. The molecule has 0 aromatic carbocycles. The van der Waals surface area contributed by atoms with E-state index in [1.807, 2.05) is 6.92 Å². The predicted molar refractivity (Wildman–Crippen MR) is 68.5 cm³/mol. The first-order valence-electron chi connectivity index (χ1n) is 6.53. The van der Waals surface area contributed by atoms with Crippen molar-refractivity contribution in [1.82, 2.24) is 9.97 Å². The van der Waals surface area contributed by atoms with Gasteiger partial charge in [-0.3, -0.25) is 0 Å². The molecule has 1 atom stereocenters. The molecule has 0 fully saturated rings. The van der Waals surface area contributed by atoms with E-state index in [0.717, 1.165) is 19.3 Å². The number of unbranched alkanes of at least 4 members (excludes halogenated alkanes) is 2. The molecule has 1 rings (SSSR count). The van der Waals surface area contributed by atoms with Crippen LogP contribution in [0.25, 0.3) is 0 Å². The molecule has 1 unspecified atom stereocenters. The molecule has 0 saturated heterocycles. The van der Waals surface area contributed by atoms with E-state index in [-0.39, 0.29) is 11.2 Å². The highest BCUT2D eigenvalue weighted by atomic mass is 19.1. The average Bonchev–Trinajstić information content (AvgIpc) is 2.32. The molecule has 0 bridgehead atoms. The summed E-state index contributed by atoms with van der Waals surface area (Å²) in [6, 6.07) is 0. The lowest BCUT2D eigenvalue weighted by molar-refractivity contribution is 0.367.